The molecule has 42 heavy (non-hydrogen) atoms. The molecule has 9 nitrogen and oxygen atoms in total. The van der Waals surface area contributed by atoms with Gasteiger partial charge >= 0.3 is 6.01 Å². The van der Waals surface area contributed by atoms with Crippen LogP contribution < -0.4 is 14.5 Å². The Kier molecular flexibility index (Phi) is 8.09. The lowest BCUT2D eigenvalue weighted by atomic mass is 10.0. The molecular formula is C33H43N7O2. The van der Waals surface area contributed by atoms with Crippen LogP contribution in [0.4, 0.5) is 11.5 Å². The highest BCUT2D eigenvalue weighted by Gasteiger charge is 2.45. The molecule has 222 valence electrons. The van der Waals surface area contributed by atoms with Crippen molar-refractivity contribution in [2.45, 2.75) is 65.0 Å². The normalized spacial score (nSPS) is 21.5. The first-order valence-corrected chi connectivity index (χ1v) is 15.5. The fraction of sp³-hybridized carbons (Fsp3) is 0.576. The average molecular weight is 570 g/mol. The molecule has 3 fully saturated rings. The smallest absolute Gasteiger partial charge is 0.318 e. The van der Waals surface area contributed by atoms with Gasteiger partial charge in [-0.3, -0.25) is 4.79 Å². The number of carbonyl (C=O) groups excluding carboxylic acids is 1. The number of benzene rings is 1. The van der Waals surface area contributed by atoms with Crippen molar-refractivity contribution >= 4 is 17.4 Å². The molecule has 1 aromatic carbocycles. The van der Waals surface area contributed by atoms with E-state index in [1.807, 2.05) is 0 Å². The van der Waals surface area contributed by atoms with Crippen LogP contribution in [0.3, 0.4) is 0 Å². The third-order valence-electron chi connectivity index (χ3n) is 9.73. The maximum absolute atomic E-state index is 12.5. The summed E-state index contributed by atoms with van der Waals surface area (Å²) in [7, 11) is 0. The molecule has 1 amide bonds. The summed E-state index contributed by atoms with van der Waals surface area (Å²) >= 11 is 0. The van der Waals surface area contributed by atoms with Gasteiger partial charge in [0.2, 0.25) is 5.91 Å². The summed E-state index contributed by atoms with van der Waals surface area (Å²) in [6, 6.07) is 8.99. The lowest BCUT2D eigenvalue weighted by molar-refractivity contribution is -0.128. The molecule has 6 rings (SSSR count). The number of ether oxygens (including phenoxy) is 1. The molecule has 1 unspecified atom stereocenters. The van der Waals surface area contributed by atoms with Crippen molar-refractivity contribution in [2.24, 2.45) is 5.41 Å². The van der Waals surface area contributed by atoms with Gasteiger partial charge in [0.15, 0.2) is 0 Å². The van der Waals surface area contributed by atoms with E-state index in [9.17, 15) is 10.1 Å². The highest BCUT2D eigenvalue weighted by Crippen LogP contribution is 2.47. The summed E-state index contributed by atoms with van der Waals surface area (Å²) in [5.41, 5.74) is 6.20. The number of nitriles is 1. The summed E-state index contributed by atoms with van der Waals surface area (Å²) in [6.45, 7) is 15.4. The summed E-state index contributed by atoms with van der Waals surface area (Å²) in [4.78, 5) is 31.6. The number of aryl methyl sites for hydroxylation is 1. The maximum Gasteiger partial charge on any atom is 0.318 e. The van der Waals surface area contributed by atoms with Crippen LogP contribution in [0.25, 0.3) is 0 Å². The molecular weight excluding hydrogens is 526 g/mol. The highest BCUT2D eigenvalue weighted by atomic mass is 16.5. The quantitative estimate of drug-likeness (QED) is 0.419. The molecule has 1 saturated carbocycles. The van der Waals surface area contributed by atoms with Gasteiger partial charge in [0.05, 0.1) is 37.4 Å². The third kappa shape index (κ3) is 5.82. The van der Waals surface area contributed by atoms with Crippen molar-refractivity contribution in [2.75, 3.05) is 62.2 Å². The predicted octanol–water partition coefficient (Wildman–Crippen LogP) is 4.03. The highest BCUT2D eigenvalue weighted by molar-refractivity contribution is 5.87. The number of anilines is 2. The van der Waals surface area contributed by atoms with Crippen molar-refractivity contribution in [1.29, 1.82) is 5.26 Å². The van der Waals surface area contributed by atoms with E-state index in [2.05, 4.69) is 59.4 Å². The third-order valence-corrected chi connectivity index (χ3v) is 9.73. The number of hydrogen-bond acceptors (Lipinski definition) is 8. The second-order valence-electron chi connectivity index (χ2n) is 12.6. The Morgan fingerprint density at radius 2 is 1.95 bits per heavy atom. The molecule has 1 aromatic heterocycles. The van der Waals surface area contributed by atoms with Crippen molar-refractivity contribution in [1.82, 2.24) is 19.8 Å². The van der Waals surface area contributed by atoms with Gasteiger partial charge in [-0.2, -0.15) is 15.2 Å². The first-order chi connectivity index (χ1) is 20.4. The number of hydrogen-bond donors (Lipinski definition) is 0. The number of rotatable bonds is 9. The Labute approximate surface area is 249 Å². The molecule has 0 spiro atoms. The van der Waals surface area contributed by atoms with Gasteiger partial charge in [-0.25, -0.2) is 0 Å². The van der Waals surface area contributed by atoms with E-state index in [-0.39, 0.29) is 23.8 Å². The first kappa shape index (κ1) is 28.5. The molecule has 4 heterocycles. The summed E-state index contributed by atoms with van der Waals surface area (Å²) in [5.74, 6) is 0.772. The predicted molar refractivity (Wildman–Crippen MR) is 164 cm³/mol. The van der Waals surface area contributed by atoms with Gasteiger partial charge in [-0.05, 0) is 82.3 Å². The van der Waals surface area contributed by atoms with Gasteiger partial charge < -0.3 is 24.3 Å². The molecule has 2 saturated heterocycles. The number of amides is 1. The van der Waals surface area contributed by atoms with Gasteiger partial charge in [0.25, 0.3) is 0 Å². The second-order valence-corrected chi connectivity index (χ2v) is 12.6. The van der Waals surface area contributed by atoms with Gasteiger partial charge in [0, 0.05) is 49.4 Å². The largest absolute Gasteiger partial charge is 0.463 e. The summed E-state index contributed by atoms with van der Waals surface area (Å²) in [5, 5.41) is 9.53. The average Bonchev–Trinajstić information content (AvgIpc) is 3.58. The van der Waals surface area contributed by atoms with Crippen LogP contribution in [0.2, 0.25) is 0 Å². The monoisotopic (exact) mass is 569 g/mol. The van der Waals surface area contributed by atoms with E-state index in [1.54, 1.807) is 4.90 Å². The maximum atomic E-state index is 12.5. The minimum atomic E-state index is -0.213. The Balaban J connectivity index is 1.28. The Bertz CT molecular complexity index is 1380. The zero-order chi connectivity index (χ0) is 29.3. The SMILES string of the molecule is C=CC(=O)N1CCN(c2nc(OCC3(CN4CCCC4)CC3)nc3c2CCN(c2cccc(C)c2C)C3)CC1CC#N. The fourth-order valence-electron chi connectivity index (χ4n) is 6.89. The van der Waals surface area contributed by atoms with E-state index in [1.165, 1.54) is 61.7 Å². The molecule has 3 aliphatic heterocycles. The standard InChI is InChI=1S/C33H43N7O2/c1-4-30(41)40-19-18-39(20-26(40)10-14-34)31-27-11-17-38(29-9-7-8-24(2)25(29)3)21-28(27)35-32(36-31)42-23-33(12-13-33)22-37-15-5-6-16-37/h4,7-9,26H,1,5-6,10-13,15-23H2,2-3H3. The molecule has 9 heteroatoms. The molecule has 0 radical (unpaired) electrons. The minimum absolute atomic E-state index is 0.125. The minimum Gasteiger partial charge on any atom is -0.463 e. The molecule has 4 aliphatic rings. The number of nitrogens with zero attached hydrogens (tertiary/aromatic N) is 7. The summed E-state index contributed by atoms with van der Waals surface area (Å²) < 4.78 is 6.45. The van der Waals surface area contributed by atoms with E-state index in [0.717, 1.165) is 36.6 Å². The van der Waals surface area contributed by atoms with Gasteiger partial charge in [-0.1, -0.05) is 18.7 Å². The van der Waals surface area contributed by atoms with Crippen LogP contribution in [0, 0.1) is 30.6 Å². The first-order valence-electron chi connectivity index (χ1n) is 15.5. The van der Waals surface area contributed by atoms with Crippen molar-refractivity contribution in [3.63, 3.8) is 0 Å². The summed E-state index contributed by atoms with van der Waals surface area (Å²) in [6.07, 6.45) is 7.41. The van der Waals surface area contributed by atoms with Crippen LogP contribution >= 0.6 is 0 Å². The Morgan fingerprint density at radius 3 is 2.69 bits per heavy atom. The van der Waals surface area contributed by atoms with Crippen molar-refractivity contribution in [3.8, 4) is 12.1 Å². The second kappa shape index (κ2) is 11.9. The van der Waals surface area contributed by atoms with Crippen LogP contribution in [0.15, 0.2) is 30.9 Å². The van der Waals surface area contributed by atoms with Crippen LogP contribution in [-0.4, -0.2) is 84.1 Å². The number of fused-ring (bicyclic) bond motifs is 1. The topological polar surface area (TPSA) is 88.8 Å². The molecule has 1 aliphatic carbocycles. The van der Waals surface area contributed by atoms with Crippen molar-refractivity contribution < 1.29 is 9.53 Å². The van der Waals surface area contributed by atoms with E-state index in [0.29, 0.717) is 38.8 Å². The zero-order valence-corrected chi connectivity index (χ0v) is 25.1. The van der Waals surface area contributed by atoms with Crippen LogP contribution in [0.5, 0.6) is 6.01 Å². The van der Waals surface area contributed by atoms with Crippen LogP contribution in [0.1, 0.15) is 54.5 Å². The molecule has 0 N–H and O–H groups in total. The van der Waals surface area contributed by atoms with Crippen molar-refractivity contribution in [3.05, 3.63) is 53.2 Å². The number of piperazine rings is 1. The van der Waals surface area contributed by atoms with Crippen LogP contribution in [-0.2, 0) is 17.8 Å². The van der Waals surface area contributed by atoms with E-state index >= 15 is 0 Å². The number of aromatic nitrogens is 2. The molecule has 2 aromatic rings. The lowest BCUT2D eigenvalue weighted by Crippen LogP contribution is -2.55. The van der Waals surface area contributed by atoms with E-state index in [4.69, 9.17) is 14.7 Å². The zero-order valence-electron chi connectivity index (χ0n) is 25.1. The van der Waals surface area contributed by atoms with Gasteiger partial charge in [0.1, 0.15) is 5.82 Å². The Hall–Kier alpha value is -3.64. The fourth-order valence-corrected chi connectivity index (χ4v) is 6.89. The number of likely N-dealkylation sites (tertiary alicyclic amines) is 1. The Morgan fingerprint density at radius 1 is 1.14 bits per heavy atom. The van der Waals surface area contributed by atoms with Gasteiger partial charge in [-0.15, -0.1) is 0 Å². The molecule has 0 bridgehead atoms. The lowest BCUT2D eigenvalue weighted by Gasteiger charge is -2.42. The number of carbonyl (C=O) groups is 1. The molecule has 1 atom stereocenters. The van der Waals surface area contributed by atoms with E-state index < -0.39 is 0 Å².